The highest BCUT2D eigenvalue weighted by molar-refractivity contribution is 6.32. The minimum absolute atomic E-state index is 0.0361. The lowest BCUT2D eigenvalue weighted by Crippen LogP contribution is -2.40. The highest BCUT2D eigenvalue weighted by Gasteiger charge is 2.25. The van der Waals surface area contributed by atoms with E-state index in [1.807, 2.05) is 0 Å². The van der Waals surface area contributed by atoms with Gasteiger partial charge in [0.1, 0.15) is 6.61 Å². The van der Waals surface area contributed by atoms with Gasteiger partial charge in [-0.3, -0.25) is 4.79 Å². The molecule has 1 aliphatic rings. The Morgan fingerprint density at radius 3 is 2.33 bits per heavy atom. The smallest absolute Gasteiger partial charge is 0.409 e. The van der Waals surface area contributed by atoms with Crippen LogP contribution >= 0.6 is 0 Å². The number of ether oxygens (including phenoxy) is 1. The summed E-state index contributed by atoms with van der Waals surface area (Å²) >= 11 is 0. The number of piperidine rings is 1. The van der Waals surface area contributed by atoms with Crippen LogP contribution in [0.2, 0.25) is 0 Å². The zero-order chi connectivity index (χ0) is 13.6. The van der Waals surface area contributed by atoms with Crippen LogP contribution in [0, 0.1) is 0 Å². The molecule has 102 valence electrons. The van der Waals surface area contributed by atoms with E-state index in [9.17, 15) is 22.8 Å². The molecule has 0 N–H and O–H groups in total. The number of alkyl halides is 3. The molecule has 1 amide bonds. The number of hydrogen-bond donors (Lipinski definition) is 0. The Morgan fingerprint density at radius 1 is 1.17 bits per heavy atom. The SMILES string of the molecule is O=C(OC/C=C/C(F)(F)F)C(=O)N1CCCCC1. The maximum atomic E-state index is 11.7. The van der Waals surface area contributed by atoms with E-state index >= 15 is 0 Å². The number of carbonyl (C=O) groups excluding carboxylic acids is 2. The van der Waals surface area contributed by atoms with Crippen molar-refractivity contribution in [3.63, 3.8) is 0 Å². The Balaban J connectivity index is 2.32. The first-order chi connectivity index (χ1) is 8.40. The van der Waals surface area contributed by atoms with Crippen LogP contribution in [0.3, 0.4) is 0 Å². The van der Waals surface area contributed by atoms with Crippen LogP contribution in [-0.4, -0.2) is 42.6 Å². The highest BCUT2D eigenvalue weighted by Crippen LogP contribution is 2.15. The quantitative estimate of drug-likeness (QED) is 0.433. The van der Waals surface area contributed by atoms with Gasteiger partial charge in [0.2, 0.25) is 0 Å². The molecule has 0 unspecified atom stereocenters. The molecule has 0 aromatic heterocycles. The van der Waals surface area contributed by atoms with Gasteiger partial charge in [-0.25, -0.2) is 4.79 Å². The third-order valence-electron chi connectivity index (χ3n) is 2.44. The van der Waals surface area contributed by atoms with Crippen molar-refractivity contribution in [3.8, 4) is 0 Å². The Kier molecular flexibility index (Phi) is 5.18. The average Bonchev–Trinajstić information content (AvgIpc) is 2.33. The summed E-state index contributed by atoms with van der Waals surface area (Å²) < 4.78 is 39.6. The molecule has 0 saturated carbocycles. The van der Waals surface area contributed by atoms with Gasteiger partial charge in [-0.05, 0) is 25.3 Å². The summed E-state index contributed by atoms with van der Waals surface area (Å²) in [6.07, 6.45) is -1.16. The van der Waals surface area contributed by atoms with Gasteiger partial charge < -0.3 is 9.64 Å². The van der Waals surface area contributed by atoms with Crippen molar-refractivity contribution in [1.29, 1.82) is 0 Å². The van der Waals surface area contributed by atoms with Gasteiger partial charge in [0.15, 0.2) is 0 Å². The summed E-state index contributed by atoms with van der Waals surface area (Å²) in [5.74, 6) is -1.89. The number of amides is 1. The summed E-state index contributed by atoms with van der Waals surface area (Å²) in [5.41, 5.74) is 0. The standard InChI is InChI=1S/C11H14F3NO3/c12-11(13,14)5-4-8-18-10(17)9(16)15-6-2-1-3-7-15/h4-5H,1-3,6-8H2/b5-4+. The number of nitrogens with zero attached hydrogens (tertiary/aromatic N) is 1. The lowest BCUT2D eigenvalue weighted by molar-refractivity contribution is -0.159. The van der Waals surface area contributed by atoms with Crippen LogP contribution in [0.1, 0.15) is 19.3 Å². The molecular weight excluding hydrogens is 251 g/mol. The van der Waals surface area contributed by atoms with Gasteiger partial charge in [-0.2, -0.15) is 13.2 Å². The van der Waals surface area contributed by atoms with E-state index in [0.29, 0.717) is 19.2 Å². The first-order valence-electron chi connectivity index (χ1n) is 5.60. The second-order valence-electron chi connectivity index (χ2n) is 3.90. The van der Waals surface area contributed by atoms with Crippen molar-refractivity contribution in [1.82, 2.24) is 4.90 Å². The fraction of sp³-hybridized carbons (Fsp3) is 0.636. The van der Waals surface area contributed by atoms with Crippen LogP contribution in [0.15, 0.2) is 12.2 Å². The first kappa shape index (κ1) is 14.5. The highest BCUT2D eigenvalue weighted by atomic mass is 19.4. The van der Waals surface area contributed by atoms with Gasteiger partial charge in [-0.15, -0.1) is 0 Å². The monoisotopic (exact) mass is 265 g/mol. The first-order valence-corrected chi connectivity index (χ1v) is 5.60. The van der Waals surface area contributed by atoms with Crippen molar-refractivity contribution in [2.45, 2.75) is 25.4 Å². The third kappa shape index (κ3) is 5.20. The molecule has 0 aromatic rings. The van der Waals surface area contributed by atoms with Gasteiger partial charge >= 0.3 is 18.1 Å². The number of allylic oxidation sites excluding steroid dienone is 1. The average molecular weight is 265 g/mol. The molecule has 7 heteroatoms. The zero-order valence-corrected chi connectivity index (χ0v) is 9.70. The largest absolute Gasteiger partial charge is 0.454 e. The number of rotatable bonds is 2. The predicted molar refractivity (Wildman–Crippen MR) is 56.6 cm³/mol. The normalized spacial score (nSPS) is 16.9. The van der Waals surface area contributed by atoms with Gasteiger partial charge in [0.25, 0.3) is 0 Å². The molecule has 0 spiro atoms. The minimum atomic E-state index is -4.44. The Labute approximate surface area is 102 Å². The van der Waals surface area contributed by atoms with Crippen molar-refractivity contribution in [2.24, 2.45) is 0 Å². The molecule has 1 saturated heterocycles. The maximum absolute atomic E-state index is 11.7. The summed E-state index contributed by atoms with van der Waals surface area (Å²) in [6, 6.07) is 0. The number of halogens is 3. The van der Waals surface area contributed by atoms with Crippen LogP contribution in [0.25, 0.3) is 0 Å². The summed E-state index contributed by atoms with van der Waals surface area (Å²) in [5, 5.41) is 0. The van der Waals surface area contributed by atoms with Crippen LogP contribution < -0.4 is 0 Å². The fourth-order valence-corrected chi connectivity index (χ4v) is 1.59. The molecular formula is C11H14F3NO3. The topological polar surface area (TPSA) is 46.6 Å². The van der Waals surface area contributed by atoms with E-state index in [-0.39, 0.29) is 6.08 Å². The number of hydrogen-bond acceptors (Lipinski definition) is 3. The van der Waals surface area contributed by atoms with Crippen molar-refractivity contribution in [3.05, 3.63) is 12.2 Å². The summed E-state index contributed by atoms with van der Waals surface area (Å²) in [4.78, 5) is 24.1. The molecule has 18 heavy (non-hydrogen) atoms. The molecule has 1 rings (SSSR count). The molecule has 0 aromatic carbocycles. The van der Waals surface area contributed by atoms with E-state index in [2.05, 4.69) is 4.74 Å². The molecule has 1 fully saturated rings. The van der Waals surface area contributed by atoms with Gasteiger partial charge in [0, 0.05) is 19.2 Å². The lowest BCUT2D eigenvalue weighted by Gasteiger charge is -2.25. The Hall–Kier alpha value is -1.53. The van der Waals surface area contributed by atoms with Crippen LogP contribution in [0.5, 0.6) is 0 Å². The molecule has 4 nitrogen and oxygen atoms in total. The molecule has 0 aliphatic carbocycles. The molecule has 1 heterocycles. The van der Waals surface area contributed by atoms with E-state index in [1.165, 1.54) is 4.90 Å². The minimum Gasteiger partial charge on any atom is -0.454 e. The van der Waals surface area contributed by atoms with E-state index in [4.69, 9.17) is 0 Å². The van der Waals surface area contributed by atoms with Crippen LogP contribution in [-0.2, 0) is 14.3 Å². The number of likely N-dealkylation sites (tertiary alicyclic amines) is 1. The molecule has 0 radical (unpaired) electrons. The fourth-order valence-electron chi connectivity index (χ4n) is 1.59. The number of esters is 1. The van der Waals surface area contributed by atoms with Crippen molar-refractivity contribution in [2.75, 3.05) is 19.7 Å². The molecule has 1 aliphatic heterocycles. The molecule has 0 bridgehead atoms. The van der Waals surface area contributed by atoms with Crippen LogP contribution in [0.4, 0.5) is 13.2 Å². The van der Waals surface area contributed by atoms with Gasteiger partial charge in [0.05, 0.1) is 0 Å². The van der Waals surface area contributed by atoms with E-state index < -0.39 is 24.7 Å². The van der Waals surface area contributed by atoms with Crippen molar-refractivity contribution >= 4 is 11.9 Å². The van der Waals surface area contributed by atoms with Gasteiger partial charge in [-0.1, -0.05) is 0 Å². The Morgan fingerprint density at radius 2 is 1.78 bits per heavy atom. The second-order valence-corrected chi connectivity index (χ2v) is 3.90. The Bertz CT molecular complexity index is 333. The maximum Gasteiger partial charge on any atom is 0.409 e. The van der Waals surface area contributed by atoms with E-state index in [1.54, 1.807) is 0 Å². The second kappa shape index (κ2) is 6.42. The summed E-state index contributed by atoms with van der Waals surface area (Å²) in [7, 11) is 0. The third-order valence-corrected chi connectivity index (χ3v) is 2.44. The van der Waals surface area contributed by atoms with E-state index in [0.717, 1.165) is 19.3 Å². The predicted octanol–water partition coefficient (Wildman–Crippen LogP) is 1.66. The van der Waals surface area contributed by atoms with Crippen molar-refractivity contribution < 1.29 is 27.5 Å². The number of carbonyl (C=O) groups is 2. The molecule has 0 atom stereocenters. The lowest BCUT2D eigenvalue weighted by atomic mass is 10.1. The zero-order valence-electron chi connectivity index (χ0n) is 9.70. The summed E-state index contributed by atoms with van der Waals surface area (Å²) in [6.45, 7) is 0.427.